The summed E-state index contributed by atoms with van der Waals surface area (Å²) in [6.07, 6.45) is 3.19. The third kappa shape index (κ3) is 3.73. The number of aromatic carboxylic acids is 1. The Morgan fingerprint density at radius 3 is 2.72 bits per heavy atom. The molecule has 0 bridgehead atoms. The van der Waals surface area contributed by atoms with Gasteiger partial charge in [0.15, 0.2) is 0 Å². The molecule has 1 atom stereocenters. The molecule has 1 amide bonds. The minimum Gasteiger partial charge on any atom is -0.507 e. The molecule has 2 N–H and O–H groups in total. The fourth-order valence-electron chi connectivity index (χ4n) is 4.23. The molecule has 3 heterocycles. The van der Waals surface area contributed by atoms with Gasteiger partial charge >= 0.3 is 5.97 Å². The molecule has 8 nitrogen and oxygen atoms in total. The van der Waals surface area contributed by atoms with E-state index in [2.05, 4.69) is 0 Å². The molecular formula is C24H23N3O5. The minimum atomic E-state index is -0.992. The minimum absolute atomic E-state index is 0.0595. The molecule has 2 aliphatic rings. The number of ether oxygens (including phenoxy) is 1. The van der Waals surface area contributed by atoms with Gasteiger partial charge in [0.2, 0.25) is 5.91 Å². The van der Waals surface area contributed by atoms with Crippen LogP contribution in [0.1, 0.15) is 34.6 Å². The monoisotopic (exact) mass is 433 g/mol. The van der Waals surface area contributed by atoms with Gasteiger partial charge < -0.3 is 24.4 Å². The van der Waals surface area contributed by atoms with Gasteiger partial charge in [-0.25, -0.2) is 9.78 Å². The number of aromatic hydroxyl groups is 1. The van der Waals surface area contributed by atoms with Crippen LogP contribution < -0.4 is 0 Å². The van der Waals surface area contributed by atoms with Crippen molar-refractivity contribution < 1.29 is 24.5 Å². The van der Waals surface area contributed by atoms with Crippen LogP contribution in [0.2, 0.25) is 0 Å². The van der Waals surface area contributed by atoms with Crippen LogP contribution in [0.25, 0.3) is 16.6 Å². The van der Waals surface area contributed by atoms with Crippen LogP contribution in [0.5, 0.6) is 5.75 Å². The molecule has 0 saturated carbocycles. The number of para-hydroxylation sites is 1. The number of fused-ring (bicyclic) bond motifs is 1. The lowest BCUT2D eigenvalue weighted by molar-refractivity contribution is -0.127. The van der Waals surface area contributed by atoms with E-state index < -0.39 is 5.97 Å². The van der Waals surface area contributed by atoms with Crippen molar-refractivity contribution in [2.45, 2.75) is 32.0 Å². The Morgan fingerprint density at radius 2 is 2.03 bits per heavy atom. The number of hydrogen-bond donors (Lipinski definition) is 2. The van der Waals surface area contributed by atoms with Crippen LogP contribution in [0.15, 0.2) is 48.5 Å². The molecule has 1 fully saturated rings. The van der Waals surface area contributed by atoms with E-state index in [1.165, 1.54) is 0 Å². The average molecular weight is 433 g/mol. The highest BCUT2D eigenvalue weighted by Crippen LogP contribution is 2.30. The smallest absolute Gasteiger partial charge is 0.335 e. The molecule has 1 saturated heterocycles. The molecule has 164 valence electrons. The van der Waals surface area contributed by atoms with Crippen LogP contribution in [0, 0.1) is 0 Å². The number of aromatic nitrogens is 2. The molecule has 1 aromatic heterocycles. The van der Waals surface area contributed by atoms with E-state index >= 15 is 0 Å². The van der Waals surface area contributed by atoms with Crippen molar-refractivity contribution in [3.05, 3.63) is 65.5 Å². The number of imidazole rings is 1. The third-order valence-electron chi connectivity index (χ3n) is 6.10. The van der Waals surface area contributed by atoms with Crippen LogP contribution >= 0.6 is 0 Å². The summed E-state index contributed by atoms with van der Waals surface area (Å²) in [5, 5.41) is 19.5. The van der Waals surface area contributed by atoms with E-state index in [1.54, 1.807) is 41.3 Å². The van der Waals surface area contributed by atoms with Gasteiger partial charge in [-0.1, -0.05) is 18.2 Å². The normalized spacial score (nSPS) is 18.5. The zero-order valence-electron chi connectivity index (χ0n) is 17.4. The van der Waals surface area contributed by atoms with E-state index in [9.17, 15) is 19.8 Å². The highest BCUT2D eigenvalue weighted by molar-refractivity contribution is 5.97. The number of hydrogen-bond acceptors (Lipinski definition) is 5. The van der Waals surface area contributed by atoms with Gasteiger partial charge in [-0.2, -0.15) is 0 Å². The number of carbonyl (C=O) groups is 2. The van der Waals surface area contributed by atoms with Gasteiger partial charge in [0.05, 0.1) is 35.8 Å². The highest BCUT2D eigenvalue weighted by Gasteiger charge is 2.26. The quantitative estimate of drug-likeness (QED) is 0.619. The first-order valence-corrected chi connectivity index (χ1v) is 10.6. The van der Waals surface area contributed by atoms with Crippen molar-refractivity contribution in [3.8, 4) is 5.75 Å². The number of carbonyl (C=O) groups excluding carboxylic acids is 1. The number of benzene rings is 2. The Morgan fingerprint density at radius 1 is 1.22 bits per heavy atom. The second-order valence-electron chi connectivity index (χ2n) is 8.13. The topological polar surface area (TPSA) is 105 Å². The van der Waals surface area contributed by atoms with Gasteiger partial charge in [0.25, 0.3) is 0 Å². The molecule has 5 rings (SSSR count). The van der Waals surface area contributed by atoms with Gasteiger partial charge in [0.1, 0.15) is 11.6 Å². The molecule has 0 spiro atoms. The number of rotatable bonds is 6. The number of phenolic OH excluding ortho intramolecular Hbond substituents is 1. The SMILES string of the molecule is O=C(O)c1ccc2nc(CN3CCC(c4ccccc4O)=CC3=O)n(C[C@@H]3CCO3)c2c1. The Hall–Kier alpha value is -3.65. The maximum absolute atomic E-state index is 12.9. The van der Waals surface area contributed by atoms with E-state index in [-0.39, 0.29) is 23.3 Å². The first-order valence-electron chi connectivity index (χ1n) is 10.6. The van der Waals surface area contributed by atoms with Crippen molar-refractivity contribution >= 4 is 28.5 Å². The van der Waals surface area contributed by atoms with Crippen molar-refractivity contribution in [1.82, 2.24) is 14.5 Å². The van der Waals surface area contributed by atoms with Crippen LogP contribution in [0.4, 0.5) is 0 Å². The summed E-state index contributed by atoms with van der Waals surface area (Å²) in [6, 6.07) is 11.9. The number of carboxylic acids is 1. The standard InChI is InChI=1S/C24H23N3O5/c28-21-4-2-1-3-18(21)15-7-9-26(23(29)12-15)14-22-25-19-6-5-16(24(30)31)11-20(19)27(22)13-17-8-10-32-17/h1-6,11-12,17,28H,7-10,13-14H2,(H,30,31)/t17-/m0/s1. The average Bonchev–Trinajstić information content (AvgIpc) is 3.08. The second kappa shape index (κ2) is 8.12. The summed E-state index contributed by atoms with van der Waals surface area (Å²) in [5.74, 6) is -0.268. The van der Waals surface area contributed by atoms with E-state index in [4.69, 9.17) is 9.72 Å². The lowest BCUT2D eigenvalue weighted by Crippen LogP contribution is -2.36. The molecule has 2 aromatic carbocycles. The van der Waals surface area contributed by atoms with Crippen LogP contribution in [0.3, 0.4) is 0 Å². The summed E-state index contributed by atoms with van der Waals surface area (Å²) in [5.41, 5.74) is 3.11. The molecule has 32 heavy (non-hydrogen) atoms. The number of amides is 1. The van der Waals surface area contributed by atoms with Crippen molar-refractivity contribution in [1.29, 1.82) is 0 Å². The molecule has 0 aliphatic carbocycles. The van der Waals surface area contributed by atoms with E-state index in [0.29, 0.717) is 43.0 Å². The van der Waals surface area contributed by atoms with Gasteiger partial charge in [0, 0.05) is 24.8 Å². The van der Waals surface area contributed by atoms with Crippen LogP contribution in [-0.4, -0.2) is 55.8 Å². The Kier molecular flexibility index (Phi) is 5.14. The summed E-state index contributed by atoms with van der Waals surface area (Å²) >= 11 is 0. The lowest BCUT2D eigenvalue weighted by atomic mass is 9.98. The Bertz CT molecular complexity index is 1240. The zero-order valence-corrected chi connectivity index (χ0v) is 17.4. The molecule has 8 heteroatoms. The molecular weight excluding hydrogens is 410 g/mol. The molecule has 2 aliphatic heterocycles. The fraction of sp³-hybridized carbons (Fsp3) is 0.292. The highest BCUT2D eigenvalue weighted by atomic mass is 16.5. The number of nitrogens with zero attached hydrogens (tertiary/aromatic N) is 3. The number of carboxylic acid groups (broad SMARTS) is 1. The van der Waals surface area contributed by atoms with Gasteiger partial charge in [-0.05, 0) is 42.7 Å². The van der Waals surface area contributed by atoms with Crippen molar-refractivity contribution in [3.63, 3.8) is 0 Å². The maximum Gasteiger partial charge on any atom is 0.335 e. The zero-order chi connectivity index (χ0) is 22.2. The van der Waals surface area contributed by atoms with Gasteiger partial charge in [-0.3, -0.25) is 4.79 Å². The first-order chi connectivity index (χ1) is 15.5. The third-order valence-corrected chi connectivity index (χ3v) is 6.10. The summed E-state index contributed by atoms with van der Waals surface area (Å²) < 4.78 is 7.57. The lowest BCUT2D eigenvalue weighted by Gasteiger charge is -2.29. The van der Waals surface area contributed by atoms with Gasteiger partial charge in [-0.15, -0.1) is 0 Å². The predicted molar refractivity (Wildman–Crippen MR) is 117 cm³/mol. The largest absolute Gasteiger partial charge is 0.507 e. The second-order valence-corrected chi connectivity index (χ2v) is 8.13. The summed E-state index contributed by atoms with van der Waals surface area (Å²) in [4.78, 5) is 30.8. The van der Waals surface area contributed by atoms with Crippen LogP contribution in [-0.2, 0) is 22.6 Å². The Labute approximate surface area is 184 Å². The predicted octanol–water partition coefficient (Wildman–Crippen LogP) is 3.04. The van der Waals surface area contributed by atoms with E-state index in [0.717, 1.165) is 24.1 Å². The molecule has 3 aromatic rings. The maximum atomic E-state index is 12.9. The van der Waals surface area contributed by atoms with E-state index in [1.807, 2.05) is 16.7 Å². The fourth-order valence-corrected chi connectivity index (χ4v) is 4.23. The van der Waals surface area contributed by atoms with Crippen molar-refractivity contribution in [2.75, 3.05) is 13.2 Å². The molecule has 0 unspecified atom stereocenters. The van der Waals surface area contributed by atoms with Crippen molar-refractivity contribution in [2.24, 2.45) is 0 Å². The summed E-state index contributed by atoms with van der Waals surface area (Å²) in [7, 11) is 0. The summed E-state index contributed by atoms with van der Waals surface area (Å²) in [6.45, 7) is 2.10. The molecule has 0 radical (unpaired) electrons. The Balaban J connectivity index is 1.44. The number of phenols is 1. The first kappa shape index (κ1) is 20.3.